The Labute approximate surface area is 164 Å². The number of nitrogen functional groups attached to an aromatic ring is 1. The van der Waals surface area contributed by atoms with Gasteiger partial charge in [0.25, 0.3) is 5.91 Å². The van der Waals surface area contributed by atoms with Crippen LogP contribution in [0.15, 0.2) is 35.5 Å². The number of fused-ring (bicyclic) bond motifs is 1. The highest BCUT2D eigenvalue weighted by molar-refractivity contribution is 8.00. The van der Waals surface area contributed by atoms with Crippen molar-refractivity contribution in [3.8, 4) is 0 Å². The van der Waals surface area contributed by atoms with Crippen LogP contribution in [0.25, 0.3) is 0 Å². The second-order valence-electron chi connectivity index (χ2n) is 6.37. The van der Waals surface area contributed by atoms with E-state index in [4.69, 9.17) is 10.5 Å². The molecule has 1 unspecified atom stereocenters. The molecule has 4 N–H and O–H groups in total. The largest absolute Gasteiger partial charge is 0.477 e. The van der Waals surface area contributed by atoms with E-state index in [2.05, 4.69) is 5.32 Å². The van der Waals surface area contributed by atoms with Gasteiger partial charge in [-0.05, 0) is 11.6 Å². The lowest BCUT2D eigenvalue weighted by Crippen LogP contribution is -2.70. The van der Waals surface area contributed by atoms with Crippen molar-refractivity contribution in [2.24, 2.45) is 0 Å². The molecule has 2 aliphatic rings. The molecule has 10 heteroatoms. The van der Waals surface area contributed by atoms with E-state index in [9.17, 15) is 24.3 Å². The topological polar surface area (TPSA) is 139 Å². The summed E-state index contributed by atoms with van der Waals surface area (Å²) in [5, 5.41) is 11.6. The number of nitrogens with one attached hydrogen (secondary N) is 1. The number of ether oxygens (including phenoxy) is 1. The summed E-state index contributed by atoms with van der Waals surface area (Å²) in [6.07, 6.45) is 0.0210. The third-order valence-corrected chi connectivity index (χ3v) is 5.76. The summed E-state index contributed by atoms with van der Waals surface area (Å²) < 4.78 is 4.88. The molecule has 0 aliphatic carbocycles. The summed E-state index contributed by atoms with van der Waals surface area (Å²) in [6.45, 7) is 1.03. The summed E-state index contributed by atoms with van der Waals surface area (Å²) in [5.74, 6) is -2.42. The van der Waals surface area contributed by atoms with Crippen LogP contribution in [0.5, 0.6) is 0 Å². The molecule has 0 aromatic heterocycles. The normalized spacial score (nSPS) is 20.9. The van der Waals surface area contributed by atoms with Crippen molar-refractivity contribution < 1.29 is 29.0 Å². The van der Waals surface area contributed by atoms with Crippen molar-refractivity contribution in [2.45, 2.75) is 24.8 Å². The fraction of sp³-hybridized carbons (Fsp3) is 0.333. The molecule has 1 fully saturated rings. The Morgan fingerprint density at radius 3 is 2.71 bits per heavy atom. The third-order valence-electron chi connectivity index (χ3n) is 4.42. The first-order valence-corrected chi connectivity index (χ1v) is 9.50. The van der Waals surface area contributed by atoms with Crippen LogP contribution in [-0.2, 0) is 30.3 Å². The van der Waals surface area contributed by atoms with E-state index >= 15 is 0 Å². The number of anilines is 1. The van der Waals surface area contributed by atoms with Gasteiger partial charge in [-0.3, -0.25) is 19.3 Å². The monoisotopic (exact) mass is 405 g/mol. The smallest absolute Gasteiger partial charge is 0.352 e. The minimum atomic E-state index is -1.28. The number of carboxylic acid groups (broad SMARTS) is 1. The van der Waals surface area contributed by atoms with Gasteiger partial charge in [0.1, 0.15) is 23.7 Å². The molecule has 1 aromatic rings. The summed E-state index contributed by atoms with van der Waals surface area (Å²) in [7, 11) is 0. The van der Waals surface area contributed by atoms with Crippen LogP contribution >= 0.6 is 11.8 Å². The fourth-order valence-corrected chi connectivity index (χ4v) is 4.40. The highest BCUT2D eigenvalue weighted by Gasteiger charge is 2.54. The number of β-lactam (4-membered cyclic amide) rings is 1. The predicted molar refractivity (Wildman–Crippen MR) is 101 cm³/mol. The third kappa shape index (κ3) is 3.81. The van der Waals surface area contributed by atoms with Gasteiger partial charge in [-0.25, -0.2) is 4.79 Å². The van der Waals surface area contributed by atoms with Crippen molar-refractivity contribution in [3.05, 3.63) is 41.1 Å². The van der Waals surface area contributed by atoms with Gasteiger partial charge in [-0.1, -0.05) is 18.2 Å². The van der Waals surface area contributed by atoms with E-state index in [1.54, 1.807) is 24.3 Å². The number of hydrogen-bond donors (Lipinski definition) is 3. The van der Waals surface area contributed by atoms with Gasteiger partial charge in [0.05, 0.1) is 6.42 Å². The molecule has 2 amide bonds. The maximum atomic E-state index is 12.5. The van der Waals surface area contributed by atoms with E-state index in [-0.39, 0.29) is 30.4 Å². The van der Waals surface area contributed by atoms with Crippen molar-refractivity contribution in [3.63, 3.8) is 0 Å². The van der Waals surface area contributed by atoms with Gasteiger partial charge >= 0.3 is 11.9 Å². The molecule has 2 aliphatic heterocycles. The van der Waals surface area contributed by atoms with E-state index in [0.29, 0.717) is 16.8 Å². The molecule has 3 rings (SSSR count). The molecular weight excluding hydrogens is 386 g/mol. The van der Waals surface area contributed by atoms with E-state index < -0.39 is 29.3 Å². The number of nitrogens with two attached hydrogens (primary N) is 1. The standard InChI is InChI=1S/C18H19N3O6S/c1-9(22)27-7-11-8-28-17-14(16(24)21(17)15(11)18(25)26)20-13(23)6-10-4-2-3-5-12(10)19/h2-5,14,17H,6-8,19H2,1H3,(H,20,23)(H,25,26)/t14?,17-/m1/s1. The first-order valence-electron chi connectivity index (χ1n) is 8.45. The summed E-state index contributed by atoms with van der Waals surface area (Å²) in [4.78, 5) is 48.6. The van der Waals surface area contributed by atoms with Crippen LogP contribution in [0.2, 0.25) is 0 Å². The SMILES string of the molecule is CC(=O)OCC1=C(C(=O)O)N2C(=O)C(NC(=O)Cc3ccccc3N)[C@H]2SC1. The molecular formula is C18H19N3O6S. The number of amides is 2. The number of hydrogen-bond acceptors (Lipinski definition) is 7. The summed E-state index contributed by atoms with van der Waals surface area (Å²) in [6, 6.07) is 6.12. The zero-order chi connectivity index (χ0) is 20.4. The maximum absolute atomic E-state index is 12.5. The van der Waals surface area contributed by atoms with E-state index in [1.165, 1.54) is 18.7 Å². The van der Waals surface area contributed by atoms with Gasteiger partial charge in [0.15, 0.2) is 0 Å². The lowest BCUT2D eigenvalue weighted by atomic mass is 10.0. The van der Waals surface area contributed by atoms with Crippen molar-refractivity contribution in [1.82, 2.24) is 10.2 Å². The first kappa shape index (κ1) is 19.7. The van der Waals surface area contributed by atoms with Crippen LogP contribution in [0.3, 0.4) is 0 Å². The molecule has 2 atom stereocenters. The Balaban J connectivity index is 1.69. The molecule has 148 valence electrons. The number of aliphatic carboxylic acids is 1. The Kier molecular flexibility index (Phi) is 5.59. The van der Waals surface area contributed by atoms with Gasteiger partial charge in [0, 0.05) is 23.9 Å². The van der Waals surface area contributed by atoms with Crippen LogP contribution in [0.1, 0.15) is 12.5 Å². The second kappa shape index (κ2) is 7.93. The molecule has 1 aromatic carbocycles. The molecule has 28 heavy (non-hydrogen) atoms. The van der Waals surface area contributed by atoms with Gasteiger partial charge in [-0.15, -0.1) is 11.8 Å². The lowest BCUT2D eigenvalue weighted by molar-refractivity contribution is -0.151. The number of carbonyl (C=O) groups is 4. The van der Waals surface area contributed by atoms with Crippen molar-refractivity contribution in [1.29, 1.82) is 0 Å². The Bertz CT molecular complexity index is 884. The second-order valence-corrected chi connectivity index (χ2v) is 7.47. The van der Waals surface area contributed by atoms with Crippen LogP contribution in [-0.4, -0.2) is 57.5 Å². The minimum Gasteiger partial charge on any atom is -0.477 e. The van der Waals surface area contributed by atoms with E-state index in [1.807, 2.05) is 0 Å². The average Bonchev–Trinajstić information content (AvgIpc) is 2.65. The number of nitrogens with zero attached hydrogens (tertiary/aromatic N) is 1. The number of esters is 1. The van der Waals surface area contributed by atoms with Crippen molar-refractivity contribution >= 4 is 41.2 Å². The maximum Gasteiger partial charge on any atom is 0.352 e. The number of carbonyl (C=O) groups excluding carboxylic acids is 3. The summed E-state index contributed by atoms with van der Waals surface area (Å²) >= 11 is 1.31. The molecule has 0 saturated carbocycles. The Morgan fingerprint density at radius 2 is 2.07 bits per heavy atom. The molecule has 0 spiro atoms. The zero-order valence-electron chi connectivity index (χ0n) is 15.0. The quantitative estimate of drug-likeness (QED) is 0.344. The Morgan fingerprint density at radius 1 is 1.36 bits per heavy atom. The molecule has 1 saturated heterocycles. The summed E-state index contributed by atoms with van der Waals surface area (Å²) in [5.41, 5.74) is 7.12. The Hall–Kier alpha value is -3.01. The van der Waals surface area contributed by atoms with Crippen LogP contribution < -0.4 is 11.1 Å². The number of carboxylic acids is 1. The van der Waals surface area contributed by atoms with Gasteiger partial charge in [-0.2, -0.15) is 0 Å². The molecule has 0 radical (unpaired) electrons. The highest BCUT2D eigenvalue weighted by Crippen LogP contribution is 2.40. The fourth-order valence-electron chi connectivity index (χ4n) is 3.08. The minimum absolute atomic E-state index is 0.0210. The van der Waals surface area contributed by atoms with Crippen LogP contribution in [0, 0.1) is 0 Å². The lowest BCUT2D eigenvalue weighted by Gasteiger charge is -2.49. The van der Waals surface area contributed by atoms with Gasteiger partial charge < -0.3 is 20.9 Å². The predicted octanol–water partition coefficient (Wildman–Crippen LogP) is 0.113. The number of para-hydroxylation sites is 1. The molecule has 9 nitrogen and oxygen atoms in total. The number of benzene rings is 1. The highest BCUT2D eigenvalue weighted by atomic mass is 32.2. The van der Waals surface area contributed by atoms with Gasteiger partial charge in [0.2, 0.25) is 5.91 Å². The molecule has 2 heterocycles. The number of thioether (sulfide) groups is 1. The van der Waals surface area contributed by atoms with Crippen molar-refractivity contribution in [2.75, 3.05) is 18.1 Å². The zero-order valence-corrected chi connectivity index (χ0v) is 15.8. The van der Waals surface area contributed by atoms with E-state index in [0.717, 1.165) is 4.90 Å². The molecule has 0 bridgehead atoms. The first-order chi connectivity index (χ1) is 13.3. The van der Waals surface area contributed by atoms with Crippen LogP contribution in [0.4, 0.5) is 5.69 Å². The average molecular weight is 405 g/mol. The number of rotatable bonds is 6.